The van der Waals surface area contributed by atoms with Crippen molar-refractivity contribution in [2.24, 2.45) is 4.99 Å². The second-order valence-electron chi connectivity index (χ2n) is 4.96. The number of nitrogens with zero attached hydrogens (tertiary/aromatic N) is 2. The molecule has 0 saturated carbocycles. The third kappa shape index (κ3) is 8.70. The van der Waals surface area contributed by atoms with Gasteiger partial charge in [0.05, 0.1) is 6.61 Å². The van der Waals surface area contributed by atoms with Gasteiger partial charge in [-0.2, -0.15) is 0 Å². The average molecular weight is 469 g/mol. The van der Waals surface area contributed by atoms with Crippen LogP contribution in [-0.4, -0.2) is 57.2 Å². The number of benzene rings is 1. The number of halogens is 2. The van der Waals surface area contributed by atoms with Crippen LogP contribution in [0.2, 0.25) is 5.02 Å². The molecular formula is C16H26ClIN4O2. The van der Waals surface area contributed by atoms with Gasteiger partial charge in [-0.1, -0.05) is 29.8 Å². The summed E-state index contributed by atoms with van der Waals surface area (Å²) in [5, 5.41) is 6.63. The average Bonchev–Trinajstić information content (AvgIpc) is 2.53. The number of hydrogen-bond acceptors (Lipinski definition) is 3. The van der Waals surface area contributed by atoms with E-state index in [-0.39, 0.29) is 36.4 Å². The number of methoxy groups -OCH3 is 1. The Labute approximate surface area is 166 Å². The zero-order chi connectivity index (χ0) is 17.1. The van der Waals surface area contributed by atoms with E-state index in [1.807, 2.05) is 43.1 Å². The molecule has 6 nitrogen and oxygen atoms in total. The van der Waals surface area contributed by atoms with E-state index in [4.69, 9.17) is 16.3 Å². The molecule has 0 fully saturated rings. The van der Waals surface area contributed by atoms with Gasteiger partial charge in [0.15, 0.2) is 5.96 Å². The number of carbonyl (C=O) groups excluding carboxylic acids is 1. The van der Waals surface area contributed by atoms with E-state index in [1.54, 1.807) is 7.11 Å². The molecule has 0 atom stereocenters. The first kappa shape index (κ1) is 22.9. The smallest absolute Gasteiger partial charge is 0.241 e. The summed E-state index contributed by atoms with van der Waals surface area (Å²) in [7, 11) is 3.50. The highest BCUT2D eigenvalue weighted by atomic mass is 127. The summed E-state index contributed by atoms with van der Waals surface area (Å²) in [6, 6.07) is 7.68. The Morgan fingerprint density at radius 1 is 1.33 bits per heavy atom. The summed E-state index contributed by atoms with van der Waals surface area (Å²) in [5.41, 5.74) is 1.01. The zero-order valence-electron chi connectivity index (χ0n) is 14.3. The van der Waals surface area contributed by atoms with E-state index in [1.165, 1.54) is 0 Å². The summed E-state index contributed by atoms with van der Waals surface area (Å²) in [6.07, 6.45) is 0. The standard InChI is InChI=1S/C16H25ClN4O2.HI/c1-4-18-16(20-11-15(22)19-9-10-23-3)21(2)12-13-7-5-6-8-14(13)17;/h5-8H,4,9-12H2,1-3H3,(H,18,20)(H,19,22);1H. The quantitative estimate of drug-likeness (QED) is 0.265. The number of aliphatic imine (C=N–C) groups is 1. The lowest BCUT2D eigenvalue weighted by atomic mass is 10.2. The molecule has 24 heavy (non-hydrogen) atoms. The van der Waals surface area contributed by atoms with Crippen LogP contribution in [0, 0.1) is 0 Å². The highest BCUT2D eigenvalue weighted by molar-refractivity contribution is 14.0. The predicted octanol–water partition coefficient (Wildman–Crippen LogP) is 2.12. The lowest BCUT2D eigenvalue weighted by molar-refractivity contribution is -0.119. The third-order valence-corrected chi connectivity index (χ3v) is 3.43. The maximum Gasteiger partial charge on any atom is 0.241 e. The van der Waals surface area contributed by atoms with Gasteiger partial charge in [-0.3, -0.25) is 4.79 Å². The minimum atomic E-state index is -0.136. The van der Waals surface area contributed by atoms with Crippen LogP contribution in [-0.2, 0) is 16.1 Å². The fourth-order valence-electron chi connectivity index (χ4n) is 1.92. The fraction of sp³-hybridized carbons (Fsp3) is 0.500. The normalized spacial score (nSPS) is 10.8. The number of amides is 1. The van der Waals surface area contributed by atoms with Crippen molar-refractivity contribution in [3.8, 4) is 0 Å². The molecule has 2 N–H and O–H groups in total. The molecule has 0 aromatic heterocycles. The first-order valence-electron chi connectivity index (χ1n) is 7.57. The van der Waals surface area contributed by atoms with Crippen LogP contribution in [0.3, 0.4) is 0 Å². The molecule has 8 heteroatoms. The van der Waals surface area contributed by atoms with Crippen LogP contribution >= 0.6 is 35.6 Å². The minimum Gasteiger partial charge on any atom is -0.383 e. The van der Waals surface area contributed by atoms with E-state index in [2.05, 4.69) is 15.6 Å². The SMILES string of the molecule is CCNC(=NCC(=O)NCCOC)N(C)Cc1ccccc1Cl.I. The van der Waals surface area contributed by atoms with E-state index < -0.39 is 0 Å². The Morgan fingerprint density at radius 3 is 2.67 bits per heavy atom. The Hall–Kier alpha value is -1.06. The van der Waals surface area contributed by atoms with Crippen molar-refractivity contribution in [2.45, 2.75) is 13.5 Å². The second-order valence-corrected chi connectivity index (χ2v) is 5.37. The van der Waals surface area contributed by atoms with Crippen LogP contribution in [0.4, 0.5) is 0 Å². The molecule has 1 rings (SSSR count). The number of hydrogen-bond donors (Lipinski definition) is 2. The highest BCUT2D eigenvalue weighted by Crippen LogP contribution is 2.16. The van der Waals surface area contributed by atoms with Gasteiger partial charge in [-0.15, -0.1) is 24.0 Å². The Morgan fingerprint density at radius 2 is 2.04 bits per heavy atom. The molecule has 0 aliphatic carbocycles. The molecule has 1 aromatic rings. The third-order valence-electron chi connectivity index (χ3n) is 3.06. The van der Waals surface area contributed by atoms with Gasteiger partial charge in [0.2, 0.25) is 5.91 Å². The molecule has 0 spiro atoms. The van der Waals surface area contributed by atoms with Gasteiger partial charge in [0.25, 0.3) is 0 Å². The summed E-state index contributed by atoms with van der Waals surface area (Å²) in [5.74, 6) is 0.526. The van der Waals surface area contributed by atoms with Crippen LogP contribution in [0.1, 0.15) is 12.5 Å². The van der Waals surface area contributed by atoms with Gasteiger partial charge in [-0.05, 0) is 18.6 Å². The molecule has 1 amide bonds. The van der Waals surface area contributed by atoms with Crippen LogP contribution in [0.5, 0.6) is 0 Å². The second kappa shape index (κ2) is 13.3. The predicted molar refractivity (Wildman–Crippen MR) is 109 cm³/mol. The van der Waals surface area contributed by atoms with Crippen molar-refractivity contribution >= 4 is 47.4 Å². The van der Waals surface area contributed by atoms with Crippen molar-refractivity contribution in [3.05, 3.63) is 34.9 Å². The summed E-state index contributed by atoms with van der Waals surface area (Å²) < 4.78 is 4.89. The molecule has 0 unspecified atom stereocenters. The largest absolute Gasteiger partial charge is 0.383 e. The van der Waals surface area contributed by atoms with Gasteiger partial charge >= 0.3 is 0 Å². The van der Waals surface area contributed by atoms with Gasteiger partial charge in [-0.25, -0.2) is 4.99 Å². The molecule has 0 bridgehead atoms. The van der Waals surface area contributed by atoms with Gasteiger partial charge in [0, 0.05) is 38.8 Å². The van der Waals surface area contributed by atoms with Crippen molar-refractivity contribution in [2.75, 3.05) is 40.4 Å². The molecular weight excluding hydrogens is 443 g/mol. The summed E-state index contributed by atoms with van der Waals surface area (Å²) in [4.78, 5) is 18.0. The summed E-state index contributed by atoms with van der Waals surface area (Å²) >= 11 is 6.19. The van der Waals surface area contributed by atoms with Crippen LogP contribution in [0.15, 0.2) is 29.3 Å². The summed E-state index contributed by atoms with van der Waals surface area (Å²) in [6.45, 7) is 4.35. The van der Waals surface area contributed by atoms with E-state index in [0.717, 1.165) is 12.1 Å². The maximum absolute atomic E-state index is 11.7. The number of ether oxygens (including phenoxy) is 1. The van der Waals surface area contributed by atoms with Gasteiger partial charge in [0.1, 0.15) is 6.54 Å². The zero-order valence-corrected chi connectivity index (χ0v) is 17.4. The Kier molecular flexibility index (Phi) is 12.7. The Balaban J connectivity index is 0.00000529. The van der Waals surface area contributed by atoms with Gasteiger partial charge < -0.3 is 20.3 Å². The molecule has 1 aromatic carbocycles. The molecule has 136 valence electrons. The molecule has 0 aliphatic rings. The van der Waals surface area contributed by atoms with Crippen molar-refractivity contribution in [1.82, 2.24) is 15.5 Å². The lowest BCUT2D eigenvalue weighted by Crippen LogP contribution is -2.39. The molecule has 0 saturated heterocycles. The van der Waals surface area contributed by atoms with Crippen molar-refractivity contribution in [1.29, 1.82) is 0 Å². The topological polar surface area (TPSA) is 66.0 Å². The number of nitrogens with one attached hydrogen (secondary N) is 2. The number of carbonyl (C=O) groups is 1. The minimum absolute atomic E-state index is 0. The first-order chi connectivity index (χ1) is 11.1. The van der Waals surface area contributed by atoms with Crippen molar-refractivity contribution in [3.63, 3.8) is 0 Å². The van der Waals surface area contributed by atoms with E-state index in [9.17, 15) is 4.79 Å². The fourth-order valence-corrected chi connectivity index (χ4v) is 2.12. The Bertz CT molecular complexity index is 529. The molecule has 0 radical (unpaired) electrons. The van der Waals surface area contributed by atoms with Crippen LogP contribution in [0.25, 0.3) is 0 Å². The monoisotopic (exact) mass is 468 g/mol. The lowest BCUT2D eigenvalue weighted by Gasteiger charge is -2.22. The number of rotatable bonds is 8. The highest BCUT2D eigenvalue weighted by Gasteiger charge is 2.09. The van der Waals surface area contributed by atoms with Crippen molar-refractivity contribution < 1.29 is 9.53 Å². The molecule has 0 heterocycles. The van der Waals surface area contributed by atoms with Crippen LogP contribution < -0.4 is 10.6 Å². The van der Waals surface area contributed by atoms with E-state index in [0.29, 0.717) is 30.7 Å². The maximum atomic E-state index is 11.7. The van der Waals surface area contributed by atoms with E-state index >= 15 is 0 Å². The number of guanidine groups is 1. The molecule has 0 aliphatic heterocycles. The first-order valence-corrected chi connectivity index (χ1v) is 7.94.